The fourth-order valence-corrected chi connectivity index (χ4v) is 3.98. The van der Waals surface area contributed by atoms with Gasteiger partial charge in [0, 0.05) is 18.2 Å². The maximum absolute atomic E-state index is 12.2. The van der Waals surface area contributed by atoms with Gasteiger partial charge in [0.2, 0.25) is 11.8 Å². The number of ether oxygens (including phenoxy) is 2. The van der Waals surface area contributed by atoms with Crippen LogP contribution in [0.15, 0.2) is 68.7 Å². The van der Waals surface area contributed by atoms with E-state index in [0.29, 0.717) is 23.6 Å². The van der Waals surface area contributed by atoms with Gasteiger partial charge < -0.3 is 14.8 Å². The third-order valence-electron chi connectivity index (χ3n) is 3.74. The maximum Gasteiger partial charge on any atom is 0.363 e. The molecule has 2 aromatic rings. The lowest BCUT2D eigenvalue weighted by Crippen LogP contribution is -2.07. The predicted octanol–water partition coefficient (Wildman–Crippen LogP) is 5.08. The van der Waals surface area contributed by atoms with Crippen LogP contribution >= 0.6 is 31.9 Å². The van der Waals surface area contributed by atoms with E-state index >= 15 is 0 Å². The second-order valence-electron chi connectivity index (χ2n) is 6.01. The number of carbonyl (C=O) groups is 2. The Morgan fingerprint density at radius 1 is 1.24 bits per heavy atom. The van der Waals surface area contributed by atoms with Crippen LogP contribution in [-0.4, -0.2) is 24.4 Å². The molecule has 0 unspecified atom stereocenters. The van der Waals surface area contributed by atoms with E-state index in [1.807, 2.05) is 12.1 Å². The van der Waals surface area contributed by atoms with Crippen molar-refractivity contribution in [3.8, 4) is 5.75 Å². The molecule has 0 aliphatic carbocycles. The Kier molecular flexibility index (Phi) is 6.66. The second kappa shape index (κ2) is 9.19. The van der Waals surface area contributed by atoms with Gasteiger partial charge >= 0.3 is 5.97 Å². The number of carbonyl (C=O) groups excluding carboxylic acids is 2. The first-order valence-corrected chi connectivity index (χ1v) is 10.1. The molecule has 0 saturated carbocycles. The van der Waals surface area contributed by atoms with Crippen molar-refractivity contribution in [1.82, 2.24) is 0 Å². The summed E-state index contributed by atoms with van der Waals surface area (Å²) in [4.78, 5) is 27.6. The van der Waals surface area contributed by atoms with E-state index in [1.54, 1.807) is 36.4 Å². The van der Waals surface area contributed by atoms with Crippen LogP contribution in [0, 0.1) is 0 Å². The summed E-state index contributed by atoms with van der Waals surface area (Å²) in [6, 6.07) is 10.5. The lowest BCUT2D eigenvalue weighted by atomic mass is 10.2. The van der Waals surface area contributed by atoms with E-state index in [-0.39, 0.29) is 17.5 Å². The summed E-state index contributed by atoms with van der Waals surface area (Å²) in [5, 5.41) is 2.68. The predicted molar refractivity (Wildman–Crippen MR) is 119 cm³/mol. The molecule has 1 heterocycles. The third-order valence-corrected chi connectivity index (χ3v) is 4.92. The van der Waals surface area contributed by atoms with Gasteiger partial charge in [-0.3, -0.25) is 4.79 Å². The van der Waals surface area contributed by atoms with Gasteiger partial charge in [-0.15, -0.1) is 0 Å². The van der Waals surface area contributed by atoms with Crippen LogP contribution in [0.4, 0.5) is 5.69 Å². The zero-order valence-corrected chi connectivity index (χ0v) is 18.5. The maximum atomic E-state index is 12.2. The molecule has 1 amide bonds. The summed E-state index contributed by atoms with van der Waals surface area (Å²) >= 11 is 6.93. The molecule has 29 heavy (non-hydrogen) atoms. The molecular weight excluding hydrogens is 504 g/mol. The monoisotopic (exact) mass is 518 g/mol. The van der Waals surface area contributed by atoms with Gasteiger partial charge in [-0.1, -0.05) is 12.7 Å². The number of hydrogen-bond donors (Lipinski definition) is 1. The first-order valence-electron chi connectivity index (χ1n) is 8.50. The molecule has 0 fully saturated rings. The van der Waals surface area contributed by atoms with E-state index in [9.17, 15) is 9.59 Å². The normalized spacial score (nSPS) is 14.4. The Morgan fingerprint density at radius 2 is 1.90 bits per heavy atom. The second-order valence-corrected chi connectivity index (χ2v) is 7.72. The molecule has 8 heteroatoms. The highest BCUT2D eigenvalue weighted by Crippen LogP contribution is 2.35. The van der Waals surface area contributed by atoms with Gasteiger partial charge in [0.15, 0.2) is 5.70 Å². The molecule has 1 aliphatic heterocycles. The molecule has 3 rings (SSSR count). The molecule has 6 nitrogen and oxygen atoms in total. The number of amides is 1. The quantitative estimate of drug-likeness (QED) is 0.328. The summed E-state index contributed by atoms with van der Waals surface area (Å²) < 4.78 is 12.3. The van der Waals surface area contributed by atoms with Gasteiger partial charge in [-0.2, -0.15) is 0 Å². The fraction of sp³-hybridized carbons (Fsp3) is 0.0952. The average molecular weight is 520 g/mol. The number of esters is 1. The van der Waals surface area contributed by atoms with E-state index in [0.717, 1.165) is 14.5 Å². The summed E-state index contributed by atoms with van der Waals surface area (Å²) in [5.74, 6) is 0.153. The van der Waals surface area contributed by atoms with Crippen LogP contribution in [0.2, 0.25) is 0 Å². The fourth-order valence-electron chi connectivity index (χ4n) is 2.53. The van der Waals surface area contributed by atoms with E-state index in [4.69, 9.17) is 9.47 Å². The van der Waals surface area contributed by atoms with Crippen molar-refractivity contribution in [2.24, 2.45) is 4.99 Å². The summed E-state index contributed by atoms with van der Waals surface area (Å²) in [5.41, 5.74) is 2.21. The summed E-state index contributed by atoms with van der Waals surface area (Å²) in [6.07, 6.45) is 3.29. The minimum absolute atomic E-state index is 0.161. The van der Waals surface area contributed by atoms with Crippen LogP contribution in [0.3, 0.4) is 0 Å². The molecular formula is C21H16Br2N2O4. The first kappa shape index (κ1) is 21.0. The average Bonchev–Trinajstić information content (AvgIpc) is 3.02. The van der Waals surface area contributed by atoms with Crippen LogP contribution in [0.25, 0.3) is 6.08 Å². The van der Waals surface area contributed by atoms with Crippen molar-refractivity contribution >= 4 is 61.4 Å². The molecule has 0 atom stereocenters. The van der Waals surface area contributed by atoms with Crippen molar-refractivity contribution in [3.63, 3.8) is 0 Å². The number of benzene rings is 2. The smallest absolute Gasteiger partial charge is 0.363 e. The van der Waals surface area contributed by atoms with Crippen molar-refractivity contribution in [2.75, 3.05) is 11.9 Å². The molecule has 1 N–H and O–H groups in total. The Labute approximate surface area is 184 Å². The number of nitrogens with one attached hydrogen (secondary N) is 1. The van der Waals surface area contributed by atoms with Gasteiger partial charge in [-0.05, 0) is 79.9 Å². The Morgan fingerprint density at radius 3 is 2.48 bits per heavy atom. The number of nitrogens with zero attached hydrogens (tertiary/aromatic N) is 1. The molecule has 0 radical (unpaired) electrons. The molecule has 1 aliphatic rings. The Hall–Kier alpha value is -2.71. The number of aliphatic imine (C=N–C) groups is 1. The largest absolute Gasteiger partial charge is 0.487 e. The standard InChI is InChI=1S/C21H16Br2N2O4/c1-3-8-28-19-16(22)9-13(10-17(19)23)11-18-21(27)29-20(25-18)14-4-6-15(7-5-14)24-12(2)26/h3-7,9-11H,1,8H2,2H3,(H,24,26)/b18-11-. The number of hydrogen-bond acceptors (Lipinski definition) is 5. The van der Waals surface area contributed by atoms with Crippen molar-refractivity contribution in [2.45, 2.75) is 6.92 Å². The number of halogens is 2. The van der Waals surface area contributed by atoms with E-state index in [2.05, 4.69) is 48.7 Å². The molecule has 0 spiro atoms. The van der Waals surface area contributed by atoms with Gasteiger partial charge in [-0.25, -0.2) is 9.79 Å². The summed E-state index contributed by atoms with van der Waals surface area (Å²) in [7, 11) is 0. The van der Waals surface area contributed by atoms with Crippen molar-refractivity contribution in [1.29, 1.82) is 0 Å². The molecule has 0 saturated heterocycles. The molecule has 148 valence electrons. The number of anilines is 1. The number of cyclic esters (lactones) is 1. The van der Waals surface area contributed by atoms with Crippen LogP contribution < -0.4 is 10.1 Å². The Balaban J connectivity index is 1.85. The third kappa shape index (κ3) is 5.21. The highest BCUT2D eigenvalue weighted by molar-refractivity contribution is 9.11. The lowest BCUT2D eigenvalue weighted by Gasteiger charge is -2.09. The minimum Gasteiger partial charge on any atom is -0.487 e. The van der Waals surface area contributed by atoms with Gasteiger partial charge in [0.1, 0.15) is 12.4 Å². The highest BCUT2D eigenvalue weighted by atomic mass is 79.9. The summed E-state index contributed by atoms with van der Waals surface area (Å²) in [6.45, 7) is 5.44. The van der Waals surface area contributed by atoms with Crippen molar-refractivity contribution in [3.05, 3.63) is 74.8 Å². The van der Waals surface area contributed by atoms with Crippen molar-refractivity contribution < 1.29 is 19.1 Å². The highest BCUT2D eigenvalue weighted by Gasteiger charge is 2.24. The SMILES string of the molecule is C=CCOc1c(Br)cc(/C=C2\N=C(c3ccc(NC(C)=O)cc3)OC2=O)cc1Br. The van der Waals surface area contributed by atoms with Gasteiger partial charge in [0.25, 0.3) is 0 Å². The lowest BCUT2D eigenvalue weighted by molar-refractivity contribution is -0.129. The first-order chi connectivity index (χ1) is 13.9. The van der Waals surface area contributed by atoms with E-state index < -0.39 is 5.97 Å². The van der Waals surface area contributed by atoms with Gasteiger partial charge in [0.05, 0.1) is 8.95 Å². The molecule has 0 aromatic heterocycles. The minimum atomic E-state index is -0.537. The van der Waals surface area contributed by atoms with E-state index in [1.165, 1.54) is 6.92 Å². The zero-order valence-electron chi connectivity index (χ0n) is 15.4. The molecule has 2 aromatic carbocycles. The number of rotatable bonds is 6. The van der Waals surface area contributed by atoms with Crippen LogP contribution in [0.1, 0.15) is 18.1 Å². The Bertz CT molecular complexity index is 1020. The van der Waals surface area contributed by atoms with Crippen LogP contribution in [0.5, 0.6) is 5.75 Å². The van der Waals surface area contributed by atoms with Crippen LogP contribution in [-0.2, 0) is 14.3 Å². The zero-order chi connectivity index (χ0) is 21.0. The molecule has 0 bridgehead atoms. The topological polar surface area (TPSA) is 77.0 Å².